The van der Waals surface area contributed by atoms with Crippen LogP contribution in [-0.2, 0) is 9.47 Å². The van der Waals surface area contributed by atoms with Crippen LogP contribution in [0.1, 0.15) is 78.6 Å². The van der Waals surface area contributed by atoms with Crippen molar-refractivity contribution in [3.05, 3.63) is 0 Å². The lowest BCUT2D eigenvalue weighted by Crippen LogP contribution is -2.39. The first-order chi connectivity index (χ1) is 11.0. The Labute approximate surface area is 143 Å². The third-order valence-electron chi connectivity index (χ3n) is 6.63. The maximum Gasteiger partial charge on any atom is 0.168 e. The van der Waals surface area contributed by atoms with E-state index in [2.05, 4.69) is 25.7 Å². The summed E-state index contributed by atoms with van der Waals surface area (Å²) >= 11 is 0. The molecule has 0 N–H and O–H groups in total. The van der Waals surface area contributed by atoms with Crippen molar-refractivity contribution in [3.8, 4) is 0 Å². The number of ether oxygens (including phenoxy) is 2. The molecule has 0 aromatic carbocycles. The molecule has 0 aromatic heterocycles. The second kappa shape index (κ2) is 7.41. The summed E-state index contributed by atoms with van der Waals surface area (Å²) in [5.74, 6) is 0.609. The fourth-order valence-electron chi connectivity index (χ4n) is 5.04. The normalized spacial score (nSPS) is 36.1. The van der Waals surface area contributed by atoms with E-state index in [0.717, 1.165) is 31.8 Å². The summed E-state index contributed by atoms with van der Waals surface area (Å²) in [6.45, 7) is 11.8. The lowest BCUT2D eigenvalue weighted by Gasteiger charge is -2.42. The minimum Gasteiger partial charge on any atom is -0.347 e. The van der Waals surface area contributed by atoms with Gasteiger partial charge in [0.15, 0.2) is 5.79 Å². The Hall–Kier alpha value is -0.120. The van der Waals surface area contributed by atoms with E-state index in [1.54, 1.807) is 0 Å². The number of rotatable bonds is 6. The summed E-state index contributed by atoms with van der Waals surface area (Å²) in [4.78, 5) is 2.58. The van der Waals surface area contributed by atoms with Gasteiger partial charge >= 0.3 is 0 Å². The Morgan fingerprint density at radius 1 is 1.13 bits per heavy atom. The molecular formula is C20H37NO2. The van der Waals surface area contributed by atoms with Crippen LogP contribution in [-0.4, -0.2) is 43.0 Å². The lowest BCUT2D eigenvalue weighted by atomic mass is 9.68. The van der Waals surface area contributed by atoms with Crippen LogP contribution in [0.3, 0.4) is 0 Å². The van der Waals surface area contributed by atoms with Crippen molar-refractivity contribution < 1.29 is 9.47 Å². The molecule has 3 heteroatoms. The molecule has 3 fully saturated rings. The second-order valence-electron chi connectivity index (χ2n) is 8.81. The van der Waals surface area contributed by atoms with Gasteiger partial charge in [-0.15, -0.1) is 0 Å². The Balaban J connectivity index is 1.43. The minimum absolute atomic E-state index is 0.228. The van der Waals surface area contributed by atoms with Crippen LogP contribution in [0, 0.1) is 11.3 Å². The van der Waals surface area contributed by atoms with Gasteiger partial charge in [0.2, 0.25) is 0 Å². The smallest absolute Gasteiger partial charge is 0.168 e. The average molecular weight is 324 g/mol. The van der Waals surface area contributed by atoms with E-state index in [-0.39, 0.29) is 5.79 Å². The zero-order valence-corrected chi connectivity index (χ0v) is 15.6. The van der Waals surface area contributed by atoms with E-state index in [4.69, 9.17) is 9.47 Å². The minimum atomic E-state index is -0.228. The number of nitrogens with zero attached hydrogens (tertiary/aromatic N) is 1. The maximum atomic E-state index is 6.42. The van der Waals surface area contributed by atoms with Crippen molar-refractivity contribution in [2.75, 3.05) is 26.2 Å². The van der Waals surface area contributed by atoms with Gasteiger partial charge in [-0.1, -0.05) is 27.2 Å². The fourth-order valence-corrected chi connectivity index (χ4v) is 5.04. The van der Waals surface area contributed by atoms with Crippen molar-refractivity contribution in [2.24, 2.45) is 11.3 Å². The van der Waals surface area contributed by atoms with Crippen molar-refractivity contribution in [1.29, 1.82) is 0 Å². The van der Waals surface area contributed by atoms with Crippen LogP contribution >= 0.6 is 0 Å². The van der Waals surface area contributed by atoms with Gasteiger partial charge in [-0.05, 0) is 62.9 Å². The molecule has 2 aliphatic heterocycles. The van der Waals surface area contributed by atoms with Crippen LogP contribution in [0.2, 0.25) is 0 Å². The third kappa shape index (κ3) is 4.29. The molecule has 1 aliphatic carbocycles. The molecular weight excluding hydrogens is 286 g/mol. The van der Waals surface area contributed by atoms with Crippen molar-refractivity contribution in [3.63, 3.8) is 0 Å². The molecule has 2 heterocycles. The van der Waals surface area contributed by atoms with E-state index in [0.29, 0.717) is 11.5 Å². The largest absolute Gasteiger partial charge is 0.347 e. The van der Waals surface area contributed by atoms with E-state index >= 15 is 0 Å². The topological polar surface area (TPSA) is 21.7 Å². The first kappa shape index (κ1) is 17.7. The van der Waals surface area contributed by atoms with Crippen LogP contribution < -0.4 is 0 Å². The third-order valence-corrected chi connectivity index (χ3v) is 6.63. The van der Waals surface area contributed by atoms with Crippen LogP contribution in [0.4, 0.5) is 0 Å². The van der Waals surface area contributed by atoms with Crippen LogP contribution in [0.25, 0.3) is 0 Å². The zero-order chi connectivity index (χ0) is 16.3. The highest BCUT2D eigenvalue weighted by atomic mass is 16.7. The Kier molecular flexibility index (Phi) is 5.70. The molecule has 0 amide bonds. The molecule has 0 aromatic rings. The summed E-state index contributed by atoms with van der Waals surface area (Å²) in [7, 11) is 0. The zero-order valence-electron chi connectivity index (χ0n) is 15.6. The number of likely N-dealkylation sites (tertiary alicyclic amines) is 1. The molecule has 1 spiro atoms. The molecule has 1 unspecified atom stereocenters. The van der Waals surface area contributed by atoms with E-state index < -0.39 is 0 Å². The predicted molar refractivity (Wildman–Crippen MR) is 94.5 cm³/mol. The second-order valence-corrected chi connectivity index (χ2v) is 8.81. The van der Waals surface area contributed by atoms with Gasteiger partial charge in [0.05, 0.1) is 12.7 Å². The first-order valence-electron chi connectivity index (χ1n) is 10.1. The fraction of sp³-hybridized carbons (Fsp3) is 1.00. The van der Waals surface area contributed by atoms with Gasteiger partial charge in [-0.2, -0.15) is 0 Å². The molecule has 3 rings (SSSR count). The lowest BCUT2D eigenvalue weighted by molar-refractivity contribution is -0.197. The van der Waals surface area contributed by atoms with E-state index in [1.807, 2.05) is 0 Å². The molecule has 3 nitrogen and oxygen atoms in total. The highest BCUT2D eigenvalue weighted by Gasteiger charge is 2.46. The van der Waals surface area contributed by atoms with Gasteiger partial charge < -0.3 is 14.4 Å². The summed E-state index contributed by atoms with van der Waals surface area (Å²) in [6.07, 6.45) is 11.6. The molecule has 0 bridgehead atoms. The van der Waals surface area contributed by atoms with Gasteiger partial charge in [-0.25, -0.2) is 0 Å². The average Bonchev–Trinajstić information content (AvgIpc) is 3.16. The van der Waals surface area contributed by atoms with Crippen molar-refractivity contribution >= 4 is 0 Å². The summed E-state index contributed by atoms with van der Waals surface area (Å²) in [6, 6.07) is 0. The van der Waals surface area contributed by atoms with Gasteiger partial charge in [-0.3, -0.25) is 0 Å². The van der Waals surface area contributed by atoms with E-state index in [1.165, 1.54) is 58.2 Å². The molecule has 134 valence electrons. The molecule has 1 saturated carbocycles. The molecule has 3 aliphatic rings. The van der Waals surface area contributed by atoms with Gasteiger partial charge in [0.1, 0.15) is 0 Å². The SMILES string of the molecule is CCCC(C)(C)C1CCC2(CC1)OCC(CCN1CCCC1)O2. The van der Waals surface area contributed by atoms with Crippen LogP contribution in [0.5, 0.6) is 0 Å². The van der Waals surface area contributed by atoms with Crippen molar-refractivity contribution in [1.82, 2.24) is 4.90 Å². The standard InChI is InChI=1S/C20H37NO2/c1-4-10-19(2,3)17-7-11-20(12-8-17)22-16-18(23-20)9-15-21-13-5-6-14-21/h17-18H,4-16H2,1-3H3. The maximum absolute atomic E-state index is 6.42. The molecule has 1 atom stereocenters. The van der Waals surface area contributed by atoms with Gasteiger partial charge in [0, 0.05) is 19.4 Å². The quantitative estimate of drug-likeness (QED) is 0.713. The highest BCUT2D eigenvalue weighted by molar-refractivity contribution is 4.90. The Bertz CT molecular complexity index is 368. The predicted octanol–water partition coefficient (Wildman–Crippen LogP) is 4.60. The summed E-state index contributed by atoms with van der Waals surface area (Å²) < 4.78 is 12.6. The molecule has 2 saturated heterocycles. The molecule has 0 radical (unpaired) electrons. The molecule has 23 heavy (non-hydrogen) atoms. The first-order valence-corrected chi connectivity index (χ1v) is 10.1. The Morgan fingerprint density at radius 2 is 1.83 bits per heavy atom. The number of hydrogen-bond acceptors (Lipinski definition) is 3. The van der Waals surface area contributed by atoms with E-state index in [9.17, 15) is 0 Å². The van der Waals surface area contributed by atoms with Crippen molar-refractivity contribution in [2.45, 2.75) is 90.4 Å². The van der Waals surface area contributed by atoms with Gasteiger partial charge in [0.25, 0.3) is 0 Å². The highest BCUT2D eigenvalue weighted by Crippen LogP contribution is 2.47. The number of hydrogen-bond donors (Lipinski definition) is 0. The summed E-state index contributed by atoms with van der Waals surface area (Å²) in [5.41, 5.74) is 0.476. The van der Waals surface area contributed by atoms with Crippen LogP contribution in [0.15, 0.2) is 0 Å². The monoisotopic (exact) mass is 323 g/mol. The summed E-state index contributed by atoms with van der Waals surface area (Å²) in [5, 5.41) is 0. The Morgan fingerprint density at radius 3 is 2.48 bits per heavy atom.